The summed E-state index contributed by atoms with van der Waals surface area (Å²) in [6.07, 6.45) is 0.230. The number of alkyl halides is 2. The standard InChI is InChI=1S/C9H9F2NO4/c10-9(11)5-2-1-4(8(15)16)12(5)7(14)3-6(9)13/h3-5,13H,1-2H2,(H,15,16)/t4-,5?/m1/s1. The van der Waals surface area contributed by atoms with Crippen LogP contribution in [-0.4, -0.2) is 45.0 Å². The highest BCUT2D eigenvalue weighted by Gasteiger charge is 2.57. The largest absolute Gasteiger partial charge is 0.506 e. The van der Waals surface area contributed by atoms with E-state index in [1.165, 1.54) is 0 Å². The third-order valence-corrected chi connectivity index (χ3v) is 2.94. The molecule has 16 heavy (non-hydrogen) atoms. The van der Waals surface area contributed by atoms with E-state index in [1.54, 1.807) is 0 Å². The van der Waals surface area contributed by atoms with Gasteiger partial charge in [-0.2, -0.15) is 8.78 Å². The van der Waals surface area contributed by atoms with Crippen molar-refractivity contribution in [1.29, 1.82) is 0 Å². The maximum atomic E-state index is 13.5. The number of amides is 1. The van der Waals surface area contributed by atoms with E-state index < -0.39 is 35.6 Å². The Labute approximate surface area is 89.0 Å². The number of rotatable bonds is 1. The lowest BCUT2D eigenvalue weighted by Gasteiger charge is -2.35. The van der Waals surface area contributed by atoms with Crippen LogP contribution in [0.15, 0.2) is 11.8 Å². The minimum Gasteiger partial charge on any atom is -0.506 e. The monoisotopic (exact) mass is 233 g/mol. The fraction of sp³-hybridized carbons (Fsp3) is 0.556. The fourth-order valence-electron chi connectivity index (χ4n) is 2.18. The van der Waals surface area contributed by atoms with Crippen LogP contribution in [0.3, 0.4) is 0 Å². The van der Waals surface area contributed by atoms with Crippen molar-refractivity contribution in [3.8, 4) is 0 Å². The van der Waals surface area contributed by atoms with Crippen LogP contribution in [0.5, 0.6) is 0 Å². The molecular formula is C9H9F2NO4. The molecular weight excluding hydrogens is 224 g/mol. The average molecular weight is 233 g/mol. The van der Waals surface area contributed by atoms with Gasteiger partial charge < -0.3 is 15.1 Å². The van der Waals surface area contributed by atoms with Crippen molar-refractivity contribution in [3.63, 3.8) is 0 Å². The second-order valence-electron chi connectivity index (χ2n) is 3.85. The molecule has 2 N–H and O–H groups in total. The number of nitrogens with zero attached hydrogens (tertiary/aromatic N) is 1. The van der Waals surface area contributed by atoms with Gasteiger partial charge in [0.25, 0.3) is 5.91 Å². The molecule has 0 aromatic rings. The van der Waals surface area contributed by atoms with E-state index in [4.69, 9.17) is 10.2 Å². The van der Waals surface area contributed by atoms with Gasteiger partial charge in [0.15, 0.2) is 5.76 Å². The Morgan fingerprint density at radius 3 is 2.69 bits per heavy atom. The Morgan fingerprint density at radius 1 is 1.50 bits per heavy atom. The summed E-state index contributed by atoms with van der Waals surface area (Å²) in [7, 11) is 0. The van der Waals surface area contributed by atoms with Gasteiger partial charge in [0, 0.05) is 6.08 Å². The van der Waals surface area contributed by atoms with E-state index in [1.807, 2.05) is 0 Å². The summed E-state index contributed by atoms with van der Waals surface area (Å²) in [5.41, 5.74) is 0. The average Bonchev–Trinajstić information content (AvgIpc) is 2.60. The zero-order valence-electron chi connectivity index (χ0n) is 8.06. The molecule has 7 heteroatoms. The first-order valence-electron chi connectivity index (χ1n) is 4.69. The van der Waals surface area contributed by atoms with Gasteiger partial charge in [-0.3, -0.25) is 4.79 Å². The Morgan fingerprint density at radius 2 is 2.12 bits per heavy atom. The van der Waals surface area contributed by atoms with Crippen LogP contribution in [0.1, 0.15) is 12.8 Å². The lowest BCUT2D eigenvalue weighted by atomic mass is 10.0. The number of carbonyl (C=O) groups is 2. The van der Waals surface area contributed by atoms with Gasteiger partial charge in [0.1, 0.15) is 12.1 Å². The van der Waals surface area contributed by atoms with Crippen LogP contribution < -0.4 is 0 Å². The van der Waals surface area contributed by atoms with Crippen molar-refractivity contribution in [1.82, 2.24) is 4.90 Å². The summed E-state index contributed by atoms with van der Waals surface area (Å²) in [5.74, 6) is -7.03. The Balaban J connectivity index is 2.41. The smallest absolute Gasteiger partial charge is 0.326 e. The van der Waals surface area contributed by atoms with Crippen molar-refractivity contribution in [2.75, 3.05) is 0 Å². The molecule has 2 rings (SSSR count). The van der Waals surface area contributed by atoms with Gasteiger partial charge in [-0.05, 0) is 12.8 Å². The van der Waals surface area contributed by atoms with Gasteiger partial charge in [0.2, 0.25) is 0 Å². The number of fused-ring (bicyclic) bond motifs is 1. The summed E-state index contributed by atoms with van der Waals surface area (Å²) >= 11 is 0. The second kappa shape index (κ2) is 3.16. The summed E-state index contributed by atoms with van der Waals surface area (Å²) in [4.78, 5) is 22.8. The third-order valence-electron chi connectivity index (χ3n) is 2.94. The molecule has 0 aromatic carbocycles. The zero-order chi connectivity index (χ0) is 12.1. The SMILES string of the molecule is O=C(O)[C@H]1CCC2N1C(=O)C=C(O)C2(F)F. The first-order valence-corrected chi connectivity index (χ1v) is 4.69. The van der Waals surface area contributed by atoms with E-state index in [0.29, 0.717) is 11.0 Å². The highest BCUT2D eigenvalue weighted by molar-refractivity contribution is 5.93. The van der Waals surface area contributed by atoms with Crippen molar-refractivity contribution < 1.29 is 28.6 Å². The van der Waals surface area contributed by atoms with Crippen LogP contribution in [0.2, 0.25) is 0 Å². The second-order valence-corrected chi connectivity index (χ2v) is 3.85. The Bertz CT molecular complexity index is 393. The summed E-state index contributed by atoms with van der Waals surface area (Å²) in [6, 6.07) is -2.78. The molecule has 0 aromatic heterocycles. The first-order chi connectivity index (χ1) is 7.35. The van der Waals surface area contributed by atoms with Crippen molar-refractivity contribution in [2.24, 2.45) is 0 Å². The molecule has 1 saturated heterocycles. The van der Waals surface area contributed by atoms with Crippen LogP contribution in [0, 0.1) is 0 Å². The molecule has 2 aliphatic rings. The Kier molecular flexibility index (Phi) is 2.14. The fourth-order valence-corrected chi connectivity index (χ4v) is 2.18. The number of halogens is 2. The topological polar surface area (TPSA) is 77.8 Å². The van der Waals surface area contributed by atoms with Crippen molar-refractivity contribution in [3.05, 3.63) is 11.8 Å². The number of hydrogen-bond donors (Lipinski definition) is 2. The van der Waals surface area contributed by atoms with Gasteiger partial charge >= 0.3 is 11.9 Å². The summed E-state index contributed by atoms with van der Waals surface area (Å²) < 4.78 is 26.9. The van der Waals surface area contributed by atoms with Gasteiger partial charge in [0.05, 0.1) is 0 Å². The molecule has 1 amide bonds. The first kappa shape index (κ1) is 10.8. The minimum atomic E-state index is -3.56. The van der Waals surface area contributed by atoms with E-state index in [-0.39, 0.29) is 12.8 Å². The molecule has 2 aliphatic heterocycles. The number of hydrogen-bond acceptors (Lipinski definition) is 3. The molecule has 2 atom stereocenters. The number of aliphatic hydroxyl groups excluding tert-OH is 1. The molecule has 88 valence electrons. The van der Waals surface area contributed by atoms with Gasteiger partial charge in [-0.25, -0.2) is 4.79 Å². The number of carboxylic acid groups (broad SMARTS) is 1. The van der Waals surface area contributed by atoms with Crippen molar-refractivity contribution in [2.45, 2.75) is 30.8 Å². The van der Waals surface area contributed by atoms with Gasteiger partial charge in [-0.1, -0.05) is 0 Å². The van der Waals surface area contributed by atoms with E-state index in [0.717, 1.165) is 0 Å². The molecule has 1 unspecified atom stereocenters. The third kappa shape index (κ3) is 1.27. The lowest BCUT2D eigenvalue weighted by molar-refractivity contribution is -0.156. The molecule has 0 spiro atoms. The van der Waals surface area contributed by atoms with E-state index in [9.17, 15) is 18.4 Å². The van der Waals surface area contributed by atoms with E-state index >= 15 is 0 Å². The zero-order valence-corrected chi connectivity index (χ0v) is 8.06. The molecule has 2 heterocycles. The Hall–Kier alpha value is -1.66. The number of aliphatic carboxylic acids is 1. The lowest BCUT2D eigenvalue weighted by Crippen LogP contribution is -2.55. The molecule has 0 saturated carbocycles. The molecule has 0 radical (unpaired) electrons. The number of carbonyl (C=O) groups excluding carboxylic acids is 1. The minimum absolute atomic E-state index is 0.0253. The normalized spacial score (nSPS) is 32.2. The predicted octanol–water partition coefficient (Wildman–Crippen LogP) is 0.521. The molecule has 0 bridgehead atoms. The number of aliphatic hydroxyl groups is 1. The molecule has 1 fully saturated rings. The highest BCUT2D eigenvalue weighted by Crippen LogP contribution is 2.41. The van der Waals surface area contributed by atoms with Crippen molar-refractivity contribution >= 4 is 11.9 Å². The number of carboxylic acids is 1. The van der Waals surface area contributed by atoms with Crippen LogP contribution >= 0.6 is 0 Å². The van der Waals surface area contributed by atoms with Crippen LogP contribution in [0.4, 0.5) is 8.78 Å². The predicted molar refractivity (Wildman–Crippen MR) is 47.0 cm³/mol. The van der Waals surface area contributed by atoms with Crippen LogP contribution in [0.25, 0.3) is 0 Å². The maximum absolute atomic E-state index is 13.5. The highest BCUT2D eigenvalue weighted by atomic mass is 19.3. The quantitative estimate of drug-likeness (QED) is 0.692. The van der Waals surface area contributed by atoms with Crippen LogP contribution in [-0.2, 0) is 9.59 Å². The summed E-state index contributed by atoms with van der Waals surface area (Å²) in [5, 5.41) is 17.8. The maximum Gasteiger partial charge on any atom is 0.326 e. The molecule has 0 aliphatic carbocycles. The van der Waals surface area contributed by atoms with E-state index in [2.05, 4.69) is 0 Å². The van der Waals surface area contributed by atoms with Gasteiger partial charge in [-0.15, -0.1) is 0 Å². The summed E-state index contributed by atoms with van der Waals surface area (Å²) in [6.45, 7) is 0. The molecule has 5 nitrogen and oxygen atoms in total.